The molecular formula is C31H35N5O3. The molecule has 3 atom stereocenters. The predicted octanol–water partition coefficient (Wildman–Crippen LogP) is 5.16. The number of nitrogens with one attached hydrogen (secondary N) is 1. The number of hydrogen-bond donors (Lipinski definition) is 1. The molecule has 1 saturated heterocycles. The molecule has 202 valence electrons. The molecule has 8 heteroatoms. The summed E-state index contributed by atoms with van der Waals surface area (Å²) in [5.74, 6) is 2.02. The number of nitriles is 1. The summed E-state index contributed by atoms with van der Waals surface area (Å²) in [6.07, 6.45) is 10.7. The Bertz CT molecular complexity index is 1480. The van der Waals surface area contributed by atoms with E-state index in [-0.39, 0.29) is 11.8 Å². The van der Waals surface area contributed by atoms with E-state index in [0.29, 0.717) is 46.2 Å². The molecule has 39 heavy (non-hydrogen) atoms. The Labute approximate surface area is 228 Å². The van der Waals surface area contributed by atoms with Crippen molar-refractivity contribution in [3.63, 3.8) is 0 Å². The topological polar surface area (TPSA) is 100 Å². The van der Waals surface area contributed by atoms with Gasteiger partial charge in [0.15, 0.2) is 0 Å². The Morgan fingerprint density at radius 3 is 2.51 bits per heavy atom. The van der Waals surface area contributed by atoms with E-state index < -0.39 is 0 Å². The number of rotatable bonds is 5. The molecule has 3 aromatic rings. The summed E-state index contributed by atoms with van der Waals surface area (Å²) in [4.78, 5) is 33.3. The van der Waals surface area contributed by atoms with Crippen LogP contribution in [0.1, 0.15) is 71.5 Å². The van der Waals surface area contributed by atoms with Crippen molar-refractivity contribution in [2.45, 2.75) is 51.4 Å². The van der Waals surface area contributed by atoms with Crippen LogP contribution < -0.4 is 10.1 Å². The molecule has 3 heterocycles. The number of likely N-dealkylation sites (tertiary alicyclic amines) is 1. The highest BCUT2D eigenvalue weighted by molar-refractivity contribution is 6.06. The molecule has 1 aliphatic heterocycles. The van der Waals surface area contributed by atoms with Crippen molar-refractivity contribution >= 4 is 28.5 Å². The van der Waals surface area contributed by atoms with Gasteiger partial charge in [0.05, 0.1) is 24.6 Å². The number of fused-ring (bicyclic) bond motifs is 3. The second kappa shape index (κ2) is 10.0. The lowest BCUT2D eigenvalue weighted by molar-refractivity contribution is -0.137. The number of hydrogen-bond acceptors (Lipinski definition) is 5. The van der Waals surface area contributed by atoms with Gasteiger partial charge in [-0.15, -0.1) is 0 Å². The number of aromatic nitrogens is 2. The van der Waals surface area contributed by atoms with Gasteiger partial charge < -0.3 is 19.5 Å². The summed E-state index contributed by atoms with van der Waals surface area (Å²) in [7, 11) is 3.53. The fourth-order valence-electron chi connectivity index (χ4n) is 7.39. The van der Waals surface area contributed by atoms with Crippen molar-refractivity contribution in [3.8, 4) is 11.8 Å². The van der Waals surface area contributed by atoms with E-state index in [4.69, 9.17) is 9.72 Å². The molecular weight excluding hydrogens is 490 g/mol. The predicted molar refractivity (Wildman–Crippen MR) is 149 cm³/mol. The average Bonchev–Trinajstić information content (AvgIpc) is 3.66. The van der Waals surface area contributed by atoms with Crippen LogP contribution in [0.2, 0.25) is 0 Å². The lowest BCUT2D eigenvalue weighted by Gasteiger charge is -2.39. The van der Waals surface area contributed by atoms with Crippen LogP contribution in [-0.4, -0.2) is 46.5 Å². The molecule has 2 saturated carbocycles. The van der Waals surface area contributed by atoms with Gasteiger partial charge in [-0.05, 0) is 79.7 Å². The van der Waals surface area contributed by atoms with Crippen LogP contribution in [0.15, 0.2) is 30.6 Å². The number of amides is 2. The summed E-state index contributed by atoms with van der Waals surface area (Å²) >= 11 is 0. The number of benzene rings is 1. The Morgan fingerprint density at radius 1 is 1.13 bits per heavy atom. The quantitative estimate of drug-likeness (QED) is 0.496. The third-order valence-electron chi connectivity index (χ3n) is 9.31. The highest BCUT2D eigenvalue weighted by atomic mass is 16.5. The van der Waals surface area contributed by atoms with Gasteiger partial charge in [-0.1, -0.05) is 12.8 Å². The molecule has 1 unspecified atom stereocenters. The molecule has 3 fully saturated rings. The van der Waals surface area contributed by atoms with E-state index in [1.807, 2.05) is 14.0 Å². The molecule has 2 aromatic heterocycles. The van der Waals surface area contributed by atoms with E-state index >= 15 is 0 Å². The number of methoxy groups -OCH3 is 1. The number of anilines is 1. The SMILES string of the molecule is COc1ccc(C(=O)Nc2cnc3c(c([C@@H]4C5CC[C@H]4CN(C(=O)C4CCCC4)C5)cn3C)c2C)cc1C#N. The first-order valence-electron chi connectivity index (χ1n) is 14.0. The largest absolute Gasteiger partial charge is 0.495 e. The van der Waals surface area contributed by atoms with Gasteiger partial charge in [0.25, 0.3) is 5.91 Å². The van der Waals surface area contributed by atoms with Crippen LogP contribution in [0.4, 0.5) is 5.69 Å². The summed E-state index contributed by atoms with van der Waals surface area (Å²) in [6, 6.07) is 6.92. The average molecular weight is 526 g/mol. The number of ether oxygens (including phenoxy) is 1. The summed E-state index contributed by atoms with van der Waals surface area (Å²) in [6.45, 7) is 3.72. The van der Waals surface area contributed by atoms with Crippen LogP contribution in [-0.2, 0) is 11.8 Å². The van der Waals surface area contributed by atoms with Gasteiger partial charge in [-0.3, -0.25) is 9.59 Å². The second-order valence-corrected chi connectivity index (χ2v) is 11.5. The number of aryl methyl sites for hydroxylation is 2. The van der Waals surface area contributed by atoms with Crippen LogP contribution in [0.3, 0.4) is 0 Å². The van der Waals surface area contributed by atoms with E-state index in [0.717, 1.165) is 55.4 Å². The van der Waals surface area contributed by atoms with Crippen molar-refractivity contribution in [1.82, 2.24) is 14.5 Å². The third-order valence-corrected chi connectivity index (χ3v) is 9.31. The Hall–Kier alpha value is -3.86. The first-order chi connectivity index (χ1) is 18.9. The zero-order chi connectivity index (χ0) is 27.3. The van der Waals surface area contributed by atoms with Crippen molar-refractivity contribution in [2.75, 3.05) is 25.5 Å². The van der Waals surface area contributed by atoms with Crippen LogP contribution in [0.5, 0.6) is 5.75 Å². The van der Waals surface area contributed by atoms with Crippen LogP contribution >= 0.6 is 0 Å². The van der Waals surface area contributed by atoms with Crippen molar-refractivity contribution in [1.29, 1.82) is 5.26 Å². The van der Waals surface area contributed by atoms with Gasteiger partial charge in [-0.2, -0.15) is 5.26 Å². The van der Waals surface area contributed by atoms with Gasteiger partial charge in [-0.25, -0.2) is 4.98 Å². The molecule has 3 aliphatic rings. The highest BCUT2D eigenvalue weighted by Crippen LogP contribution is 2.51. The molecule has 8 nitrogen and oxygen atoms in total. The molecule has 1 N–H and O–H groups in total. The smallest absolute Gasteiger partial charge is 0.255 e. The first-order valence-corrected chi connectivity index (χ1v) is 14.0. The molecule has 2 bridgehead atoms. The molecule has 1 aromatic carbocycles. The second-order valence-electron chi connectivity index (χ2n) is 11.5. The minimum Gasteiger partial charge on any atom is -0.495 e. The number of piperidine rings is 1. The lowest BCUT2D eigenvalue weighted by Crippen LogP contribution is -2.46. The fraction of sp³-hybridized carbons (Fsp3) is 0.484. The normalized spacial score (nSPS) is 22.7. The minimum absolute atomic E-state index is 0.228. The molecule has 2 aliphatic carbocycles. The van der Waals surface area contributed by atoms with E-state index in [9.17, 15) is 14.9 Å². The molecule has 0 radical (unpaired) electrons. The van der Waals surface area contributed by atoms with E-state index in [2.05, 4.69) is 27.0 Å². The maximum atomic E-state index is 13.2. The van der Waals surface area contributed by atoms with E-state index in [1.165, 1.54) is 25.5 Å². The Balaban J connectivity index is 1.29. The number of carbonyl (C=O) groups is 2. The molecule has 2 amide bonds. The standard InChI is InChI=1S/C31H35N5O3/c1-18-25(34-30(37)20-10-11-26(39-3)23(12-20)13-32)14-33-29-27(18)24(17-35(29)2)28-21-8-9-22(28)16-36(15-21)31(38)19-6-4-5-7-19/h10-12,14,17,19,21-22,28H,4-9,15-16H2,1-3H3,(H,34,37)/t21-,22?,28-/m0/s1. The monoisotopic (exact) mass is 525 g/mol. The van der Waals surface area contributed by atoms with Gasteiger partial charge >= 0.3 is 0 Å². The maximum Gasteiger partial charge on any atom is 0.255 e. The third kappa shape index (κ3) is 4.34. The van der Waals surface area contributed by atoms with Gasteiger partial charge in [0.2, 0.25) is 5.91 Å². The maximum absolute atomic E-state index is 13.2. The van der Waals surface area contributed by atoms with Crippen LogP contribution in [0.25, 0.3) is 11.0 Å². The Kier molecular flexibility index (Phi) is 6.54. The zero-order valence-corrected chi connectivity index (χ0v) is 22.9. The first kappa shape index (κ1) is 25.4. The van der Waals surface area contributed by atoms with Crippen molar-refractivity contribution in [2.24, 2.45) is 24.8 Å². The lowest BCUT2D eigenvalue weighted by atomic mass is 9.79. The van der Waals surface area contributed by atoms with Gasteiger partial charge in [0.1, 0.15) is 17.5 Å². The van der Waals surface area contributed by atoms with E-state index in [1.54, 1.807) is 24.4 Å². The summed E-state index contributed by atoms with van der Waals surface area (Å²) < 4.78 is 7.29. The number of carbonyl (C=O) groups excluding carboxylic acids is 2. The van der Waals surface area contributed by atoms with Crippen molar-refractivity contribution < 1.29 is 14.3 Å². The van der Waals surface area contributed by atoms with Gasteiger partial charge in [0, 0.05) is 43.2 Å². The zero-order valence-electron chi connectivity index (χ0n) is 22.9. The van der Waals surface area contributed by atoms with Crippen molar-refractivity contribution in [3.05, 3.63) is 52.8 Å². The summed E-state index contributed by atoms with van der Waals surface area (Å²) in [5, 5.41) is 13.5. The molecule has 0 spiro atoms. The Morgan fingerprint density at radius 2 is 1.85 bits per heavy atom. The van der Waals surface area contributed by atoms with Crippen LogP contribution in [0, 0.1) is 36.0 Å². The minimum atomic E-state index is -0.297. The molecule has 6 rings (SSSR count). The highest BCUT2D eigenvalue weighted by Gasteiger charge is 2.46. The summed E-state index contributed by atoms with van der Waals surface area (Å²) in [5.41, 5.74) is 4.54. The number of nitrogens with zero attached hydrogens (tertiary/aromatic N) is 4. The fourth-order valence-corrected chi connectivity index (χ4v) is 7.39. The number of pyridine rings is 1.